The number of benzene rings is 1. The van der Waals surface area contributed by atoms with Gasteiger partial charge in [-0.1, -0.05) is 36.8 Å². The second kappa shape index (κ2) is 6.51. The largest absolute Gasteiger partial charge is 0.481 e. The van der Waals surface area contributed by atoms with Crippen LogP contribution in [0.2, 0.25) is 0 Å². The lowest BCUT2D eigenvalue weighted by Crippen LogP contribution is -2.40. The molecule has 1 aromatic rings. The Kier molecular flexibility index (Phi) is 4.46. The standard InChI is InChI=1S/C18H23NO3/c20-17(19-16-10-13-6-7-14(16)9-13)11-15(18(21)22)8-12-4-2-1-3-5-12/h1-5,13-16H,6-11H2,(H,19,20)(H,21,22). The molecule has 4 atom stereocenters. The number of carboxylic acid groups (broad SMARTS) is 1. The maximum absolute atomic E-state index is 12.2. The third-order valence-electron chi connectivity index (χ3n) is 5.19. The van der Waals surface area contributed by atoms with Gasteiger partial charge in [0.15, 0.2) is 0 Å². The molecular formula is C18H23NO3. The van der Waals surface area contributed by atoms with Crippen molar-refractivity contribution < 1.29 is 14.7 Å². The molecule has 0 heterocycles. The van der Waals surface area contributed by atoms with Gasteiger partial charge in [0.05, 0.1) is 5.92 Å². The molecule has 0 radical (unpaired) electrons. The van der Waals surface area contributed by atoms with E-state index < -0.39 is 11.9 Å². The van der Waals surface area contributed by atoms with Crippen molar-refractivity contribution in [2.24, 2.45) is 17.8 Å². The Morgan fingerprint density at radius 3 is 2.55 bits per heavy atom. The molecule has 2 bridgehead atoms. The zero-order valence-corrected chi connectivity index (χ0v) is 12.7. The quantitative estimate of drug-likeness (QED) is 0.849. The van der Waals surface area contributed by atoms with Crippen LogP contribution >= 0.6 is 0 Å². The minimum absolute atomic E-state index is 0.0676. The molecule has 1 amide bonds. The van der Waals surface area contributed by atoms with Gasteiger partial charge in [0.2, 0.25) is 5.91 Å². The molecule has 2 N–H and O–H groups in total. The van der Waals surface area contributed by atoms with Crippen molar-refractivity contribution in [3.63, 3.8) is 0 Å². The molecule has 2 saturated carbocycles. The molecule has 22 heavy (non-hydrogen) atoms. The Labute approximate surface area is 130 Å². The first-order valence-corrected chi connectivity index (χ1v) is 8.18. The van der Waals surface area contributed by atoms with E-state index >= 15 is 0 Å². The van der Waals surface area contributed by atoms with Crippen LogP contribution in [0.15, 0.2) is 30.3 Å². The van der Waals surface area contributed by atoms with E-state index in [0.29, 0.717) is 12.3 Å². The highest BCUT2D eigenvalue weighted by Crippen LogP contribution is 2.44. The van der Waals surface area contributed by atoms with Gasteiger partial charge in [0, 0.05) is 12.5 Å². The zero-order chi connectivity index (χ0) is 15.5. The van der Waals surface area contributed by atoms with E-state index in [1.54, 1.807) is 0 Å². The SMILES string of the molecule is O=C(CC(Cc1ccccc1)C(=O)O)NC1CC2CCC1C2. The highest BCUT2D eigenvalue weighted by molar-refractivity contribution is 5.82. The monoisotopic (exact) mass is 301 g/mol. The van der Waals surface area contributed by atoms with Gasteiger partial charge in [-0.2, -0.15) is 0 Å². The van der Waals surface area contributed by atoms with Crippen LogP contribution in [0.3, 0.4) is 0 Å². The zero-order valence-electron chi connectivity index (χ0n) is 12.7. The first-order valence-electron chi connectivity index (χ1n) is 8.18. The average molecular weight is 301 g/mol. The summed E-state index contributed by atoms with van der Waals surface area (Å²) in [6, 6.07) is 9.78. The summed E-state index contributed by atoms with van der Waals surface area (Å²) in [5, 5.41) is 12.4. The minimum atomic E-state index is -0.896. The topological polar surface area (TPSA) is 66.4 Å². The van der Waals surface area contributed by atoms with Gasteiger partial charge < -0.3 is 10.4 Å². The van der Waals surface area contributed by atoms with E-state index in [9.17, 15) is 14.7 Å². The van der Waals surface area contributed by atoms with Crippen LogP contribution in [0.25, 0.3) is 0 Å². The van der Waals surface area contributed by atoms with Gasteiger partial charge in [-0.3, -0.25) is 9.59 Å². The highest BCUT2D eigenvalue weighted by atomic mass is 16.4. The van der Waals surface area contributed by atoms with E-state index in [4.69, 9.17) is 0 Å². The molecular weight excluding hydrogens is 278 g/mol. The van der Waals surface area contributed by atoms with E-state index in [-0.39, 0.29) is 18.4 Å². The minimum Gasteiger partial charge on any atom is -0.481 e. The molecule has 0 aliphatic heterocycles. The first-order chi connectivity index (χ1) is 10.6. The summed E-state index contributed by atoms with van der Waals surface area (Å²) < 4.78 is 0. The van der Waals surface area contributed by atoms with Crippen LogP contribution in [0.1, 0.15) is 37.7 Å². The number of aliphatic carboxylic acids is 1. The van der Waals surface area contributed by atoms with E-state index in [1.807, 2.05) is 30.3 Å². The summed E-state index contributed by atoms with van der Waals surface area (Å²) in [5.74, 6) is -0.268. The molecule has 4 heteroatoms. The van der Waals surface area contributed by atoms with Crippen LogP contribution in [0.4, 0.5) is 0 Å². The van der Waals surface area contributed by atoms with E-state index in [2.05, 4.69) is 5.32 Å². The molecule has 4 unspecified atom stereocenters. The second-order valence-electron chi connectivity index (χ2n) is 6.78. The number of carboxylic acids is 1. The third-order valence-corrected chi connectivity index (χ3v) is 5.19. The fourth-order valence-electron chi connectivity index (χ4n) is 4.06. The maximum atomic E-state index is 12.2. The predicted molar refractivity (Wildman–Crippen MR) is 83.3 cm³/mol. The van der Waals surface area contributed by atoms with Crippen molar-refractivity contribution in [1.82, 2.24) is 5.32 Å². The number of carbonyl (C=O) groups excluding carboxylic acids is 1. The molecule has 0 aromatic heterocycles. The van der Waals surface area contributed by atoms with Gasteiger partial charge in [0.25, 0.3) is 0 Å². The molecule has 4 nitrogen and oxygen atoms in total. The number of nitrogens with one attached hydrogen (secondary N) is 1. The Morgan fingerprint density at radius 2 is 1.95 bits per heavy atom. The van der Waals surface area contributed by atoms with Gasteiger partial charge in [-0.05, 0) is 43.1 Å². The van der Waals surface area contributed by atoms with Crippen molar-refractivity contribution in [2.75, 3.05) is 0 Å². The van der Waals surface area contributed by atoms with Crippen molar-refractivity contribution in [3.8, 4) is 0 Å². The summed E-state index contributed by atoms with van der Waals surface area (Å²) in [6.07, 6.45) is 5.29. The summed E-state index contributed by atoms with van der Waals surface area (Å²) >= 11 is 0. The van der Waals surface area contributed by atoms with Crippen molar-refractivity contribution >= 4 is 11.9 Å². The number of hydrogen-bond acceptors (Lipinski definition) is 2. The van der Waals surface area contributed by atoms with Gasteiger partial charge >= 0.3 is 5.97 Å². The Morgan fingerprint density at radius 1 is 1.18 bits per heavy atom. The van der Waals surface area contributed by atoms with Crippen LogP contribution in [-0.2, 0) is 16.0 Å². The number of carbonyl (C=O) groups is 2. The number of fused-ring (bicyclic) bond motifs is 2. The molecule has 2 aliphatic carbocycles. The maximum Gasteiger partial charge on any atom is 0.307 e. The second-order valence-corrected chi connectivity index (χ2v) is 6.78. The van der Waals surface area contributed by atoms with Gasteiger partial charge in [0.1, 0.15) is 0 Å². The molecule has 2 aliphatic rings. The number of amides is 1. The van der Waals surface area contributed by atoms with Crippen molar-refractivity contribution in [3.05, 3.63) is 35.9 Å². The molecule has 0 spiro atoms. The molecule has 0 saturated heterocycles. The Bertz CT molecular complexity index is 543. The Hall–Kier alpha value is -1.84. The van der Waals surface area contributed by atoms with Crippen molar-refractivity contribution in [2.45, 2.75) is 44.6 Å². The smallest absolute Gasteiger partial charge is 0.307 e. The third kappa shape index (κ3) is 3.49. The summed E-state index contributed by atoms with van der Waals surface area (Å²) in [4.78, 5) is 23.6. The summed E-state index contributed by atoms with van der Waals surface area (Å²) in [6.45, 7) is 0. The fourth-order valence-corrected chi connectivity index (χ4v) is 4.06. The average Bonchev–Trinajstić information content (AvgIpc) is 3.10. The summed E-state index contributed by atoms with van der Waals surface area (Å²) in [5.41, 5.74) is 0.961. The van der Waals surface area contributed by atoms with E-state index in [1.165, 1.54) is 19.3 Å². The molecule has 3 rings (SSSR count). The fraction of sp³-hybridized carbons (Fsp3) is 0.556. The highest BCUT2D eigenvalue weighted by Gasteiger charge is 2.40. The van der Waals surface area contributed by atoms with Crippen LogP contribution in [0.5, 0.6) is 0 Å². The number of rotatable bonds is 6. The van der Waals surface area contributed by atoms with Crippen molar-refractivity contribution in [1.29, 1.82) is 0 Å². The lowest BCUT2D eigenvalue weighted by atomic mass is 9.93. The molecule has 2 fully saturated rings. The van der Waals surface area contributed by atoms with Crippen LogP contribution in [0, 0.1) is 17.8 Å². The van der Waals surface area contributed by atoms with E-state index in [0.717, 1.165) is 17.9 Å². The normalized spacial score (nSPS) is 27.5. The lowest BCUT2D eigenvalue weighted by Gasteiger charge is -2.23. The molecule has 1 aromatic carbocycles. The lowest BCUT2D eigenvalue weighted by molar-refractivity contribution is -0.144. The van der Waals surface area contributed by atoms with Crippen LogP contribution < -0.4 is 5.32 Å². The van der Waals surface area contributed by atoms with Gasteiger partial charge in [-0.15, -0.1) is 0 Å². The predicted octanol–water partition coefficient (Wildman–Crippen LogP) is 2.62. The first kappa shape index (κ1) is 15.1. The number of hydrogen-bond donors (Lipinski definition) is 2. The van der Waals surface area contributed by atoms with Gasteiger partial charge in [-0.25, -0.2) is 0 Å². The summed E-state index contributed by atoms with van der Waals surface area (Å²) in [7, 11) is 0. The Balaban J connectivity index is 1.54. The molecule has 118 valence electrons. The van der Waals surface area contributed by atoms with Crippen LogP contribution in [-0.4, -0.2) is 23.0 Å².